The molecule has 4 aromatic rings. The van der Waals surface area contributed by atoms with E-state index in [1.165, 1.54) is 19.3 Å². The van der Waals surface area contributed by atoms with Crippen molar-refractivity contribution in [1.29, 1.82) is 0 Å². The van der Waals surface area contributed by atoms with E-state index in [-0.39, 0.29) is 22.6 Å². The molecule has 0 aliphatic carbocycles. The van der Waals surface area contributed by atoms with Gasteiger partial charge in [-0.2, -0.15) is 0 Å². The second-order valence-corrected chi connectivity index (χ2v) is 7.19. The minimum absolute atomic E-state index is 0.219. The van der Waals surface area contributed by atoms with E-state index in [1.54, 1.807) is 30.3 Å². The third-order valence-corrected chi connectivity index (χ3v) is 5.02. The van der Waals surface area contributed by atoms with Crippen molar-refractivity contribution >= 4 is 39.9 Å². The van der Waals surface area contributed by atoms with Gasteiger partial charge >= 0.3 is 0 Å². The predicted octanol–water partition coefficient (Wildman–Crippen LogP) is 3.59. The normalized spacial score (nSPS) is 10.6. The first-order valence-corrected chi connectivity index (χ1v) is 9.94. The first kappa shape index (κ1) is 20.8. The van der Waals surface area contributed by atoms with Gasteiger partial charge in [0.25, 0.3) is 11.8 Å². The van der Waals surface area contributed by atoms with Crippen LogP contribution in [0.25, 0.3) is 10.9 Å². The van der Waals surface area contributed by atoms with Crippen LogP contribution in [0.4, 0.5) is 17.2 Å². The van der Waals surface area contributed by atoms with E-state index in [4.69, 9.17) is 0 Å². The summed E-state index contributed by atoms with van der Waals surface area (Å²) in [6.45, 7) is 1.95. The summed E-state index contributed by atoms with van der Waals surface area (Å²) in [4.78, 5) is 44.5. The molecule has 4 rings (SSSR count). The highest BCUT2D eigenvalue weighted by Gasteiger charge is 2.17. The predicted molar refractivity (Wildman–Crippen MR) is 125 cm³/mol. The van der Waals surface area contributed by atoms with Crippen molar-refractivity contribution in [3.8, 4) is 0 Å². The van der Waals surface area contributed by atoms with Crippen molar-refractivity contribution in [2.75, 3.05) is 17.7 Å². The zero-order valence-corrected chi connectivity index (χ0v) is 17.5. The number of fused-ring (bicyclic) bond motifs is 1. The van der Waals surface area contributed by atoms with Gasteiger partial charge in [-0.25, -0.2) is 4.98 Å². The Bertz CT molecular complexity index is 1390. The fourth-order valence-corrected chi connectivity index (χ4v) is 3.35. The van der Waals surface area contributed by atoms with Crippen LogP contribution in [0.2, 0.25) is 0 Å². The number of aromatic amines is 1. The SMILES string of the molecule is CNC(=O)c1cnc(Nc2ccccc2C)c(NC(=O)c2cc(=O)[nH]c3ccccc23)c1. The van der Waals surface area contributed by atoms with Gasteiger partial charge in [-0.3, -0.25) is 14.4 Å². The van der Waals surface area contributed by atoms with E-state index in [9.17, 15) is 14.4 Å². The van der Waals surface area contributed by atoms with Crippen LogP contribution in [0.15, 0.2) is 71.7 Å². The summed E-state index contributed by atoms with van der Waals surface area (Å²) in [5, 5.41) is 9.16. The van der Waals surface area contributed by atoms with Crippen LogP contribution in [-0.2, 0) is 0 Å². The quantitative estimate of drug-likeness (QED) is 0.388. The summed E-state index contributed by atoms with van der Waals surface area (Å²) in [5.74, 6) is -0.456. The Labute approximate surface area is 183 Å². The lowest BCUT2D eigenvalue weighted by atomic mass is 10.1. The molecule has 0 unspecified atom stereocenters. The highest BCUT2D eigenvalue weighted by molar-refractivity contribution is 6.13. The van der Waals surface area contributed by atoms with E-state index in [0.29, 0.717) is 22.4 Å². The number of carbonyl (C=O) groups is 2. The van der Waals surface area contributed by atoms with Crippen molar-refractivity contribution in [1.82, 2.24) is 15.3 Å². The van der Waals surface area contributed by atoms with Gasteiger partial charge in [0, 0.05) is 35.9 Å². The number of aromatic nitrogens is 2. The lowest BCUT2D eigenvalue weighted by molar-refractivity contribution is 0.0961. The van der Waals surface area contributed by atoms with E-state index in [0.717, 1.165) is 11.3 Å². The van der Waals surface area contributed by atoms with Crippen LogP contribution in [0.1, 0.15) is 26.3 Å². The monoisotopic (exact) mass is 427 g/mol. The topological polar surface area (TPSA) is 116 Å². The number of pyridine rings is 2. The Morgan fingerprint density at radius 3 is 2.47 bits per heavy atom. The Morgan fingerprint density at radius 2 is 1.69 bits per heavy atom. The Hall–Kier alpha value is -4.46. The number of nitrogens with zero attached hydrogens (tertiary/aromatic N) is 1. The Kier molecular flexibility index (Phi) is 5.67. The molecule has 4 N–H and O–H groups in total. The van der Waals surface area contributed by atoms with Crippen molar-refractivity contribution in [3.05, 3.63) is 93.9 Å². The third kappa shape index (κ3) is 4.20. The molecule has 0 saturated heterocycles. The first-order chi connectivity index (χ1) is 15.5. The van der Waals surface area contributed by atoms with Crippen LogP contribution >= 0.6 is 0 Å². The lowest BCUT2D eigenvalue weighted by Crippen LogP contribution is -2.20. The van der Waals surface area contributed by atoms with Crippen molar-refractivity contribution in [3.63, 3.8) is 0 Å². The summed E-state index contributed by atoms with van der Waals surface area (Å²) < 4.78 is 0. The number of amides is 2. The van der Waals surface area contributed by atoms with E-state index >= 15 is 0 Å². The number of aryl methyl sites for hydroxylation is 1. The van der Waals surface area contributed by atoms with Gasteiger partial charge < -0.3 is 20.9 Å². The van der Waals surface area contributed by atoms with Crippen LogP contribution < -0.4 is 21.5 Å². The summed E-state index contributed by atoms with van der Waals surface area (Å²) in [5.41, 5.74) is 2.78. The number of H-pyrrole nitrogens is 1. The zero-order valence-electron chi connectivity index (χ0n) is 17.5. The molecular formula is C24H21N5O3. The molecule has 8 heteroatoms. The minimum Gasteiger partial charge on any atom is -0.355 e. The molecule has 2 aromatic heterocycles. The number of hydrogen-bond donors (Lipinski definition) is 4. The Morgan fingerprint density at radius 1 is 0.938 bits per heavy atom. The highest BCUT2D eigenvalue weighted by atomic mass is 16.2. The van der Waals surface area contributed by atoms with Gasteiger partial charge in [0.15, 0.2) is 5.82 Å². The van der Waals surface area contributed by atoms with Crippen LogP contribution in [-0.4, -0.2) is 28.8 Å². The number of anilines is 3. The van der Waals surface area contributed by atoms with Crippen LogP contribution in [0.3, 0.4) is 0 Å². The van der Waals surface area contributed by atoms with Gasteiger partial charge in [0.2, 0.25) is 5.56 Å². The maximum atomic E-state index is 13.2. The number of hydrogen-bond acceptors (Lipinski definition) is 5. The molecule has 0 atom stereocenters. The molecule has 0 fully saturated rings. The molecule has 2 heterocycles. The molecule has 0 spiro atoms. The smallest absolute Gasteiger partial charge is 0.256 e. The number of carbonyl (C=O) groups excluding carboxylic acids is 2. The number of rotatable bonds is 5. The first-order valence-electron chi connectivity index (χ1n) is 9.94. The largest absolute Gasteiger partial charge is 0.355 e. The number of para-hydroxylation sites is 2. The zero-order chi connectivity index (χ0) is 22.7. The van der Waals surface area contributed by atoms with Crippen molar-refractivity contribution in [2.24, 2.45) is 0 Å². The molecule has 0 radical (unpaired) electrons. The molecule has 0 bridgehead atoms. The standard InChI is InChI=1S/C24H21N5O3/c1-14-7-3-5-9-18(14)28-22-20(11-15(13-26-22)23(31)25-2)29-24(32)17-12-21(30)27-19-10-6-4-8-16(17)19/h3-13H,1-2H3,(H,25,31)(H,26,28)(H,27,30)(H,29,32). The molecule has 0 aliphatic heterocycles. The minimum atomic E-state index is -0.490. The fraction of sp³-hybridized carbons (Fsp3) is 0.0833. The Balaban J connectivity index is 1.76. The summed E-state index contributed by atoms with van der Waals surface area (Å²) >= 11 is 0. The molecule has 2 aromatic carbocycles. The second kappa shape index (κ2) is 8.73. The van der Waals surface area contributed by atoms with Crippen LogP contribution in [0, 0.1) is 6.92 Å². The molecule has 8 nitrogen and oxygen atoms in total. The lowest BCUT2D eigenvalue weighted by Gasteiger charge is -2.15. The number of nitrogens with one attached hydrogen (secondary N) is 4. The molecular weight excluding hydrogens is 406 g/mol. The number of benzene rings is 2. The second-order valence-electron chi connectivity index (χ2n) is 7.19. The average molecular weight is 427 g/mol. The maximum absolute atomic E-state index is 13.2. The van der Waals surface area contributed by atoms with Gasteiger partial charge in [0.1, 0.15) is 0 Å². The fourth-order valence-electron chi connectivity index (χ4n) is 3.35. The summed E-state index contributed by atoms with van der Waals surface area (Å²) in [7, 11) is 1.52. The molecule has 0 aliphatic rings. The molecule has 2 amide bonds. The van der Waals surface area contributed by atoms with Gasteiger partial charge in [-0.15, -0.1) is 0 Å². The van der Waals surface area contributed by atoms with E-state index in [2.05, 4.69) is 25.9 Å². The maximum Gasteiger partial charge on any atom is 0.256 e. The molecule has 32 heavy (non-hydrogen) atoms. The summed E-state index contributed by atoms with van der Waals surface area (Å²) in [6, 6.07) is 17.5. The summed E-state index contributed by atoms with van der Waals surface area (Å²) in [6.07, 6.45) is 1.43. The molecule has 0 saturated carbocycles. The van der Waals surface area contributed by atoms with Crippen molar-refractivity contribution < 1.29 is 9.59 Å². The van der Waals surface area contributed by atoms with E-state index < -0.39 is 5.91 Å². The van der Waals surface area contributed by atoms with Gasteiger partial charge in [-0.05, 0) is 30.7 Å². The highest BCUT2D eigenvalue weighted by Crippen LogP contribution is 2.27. The average Bonchev–Trinajstić information content (AvgIpc) is 2.80. The van der Waals surface area contributed by atoms with E-state index in [1.807, 2.05) is 31.2 Å². The van der Waals surface area contributed by atoms with Crippen molar-refractivity contribution in [2.45, 2.75) is 6.92 Å². The third-order valence-electron chi connectivity index (χ3n) is 5.02. The molecule has 160 valence electrons. The van der Waals surface area contributed by atoms with Crippen LogP contribution in [0.5, 0.6) is 0 Å². The van der Waals surface area contributed by atoms with Gasteiger partial charge in [0.05, 0.1) is 16.8 Å². The van der Waals surface area contributed by atoms with Gasteiger partial charge in [-0.1, -0.05) is 36.4 Å².